The van der Waals surface area contributed by atoms with Gasteiger partial charge in [-0.15, -0.1) is 0 Å². The molecular formula is C17H16B3F2NO5S. The normalized spacial score (nSPS) is 19.9. The Kier molecular flexibility index (Phi) is 5.02. The van der Waals surface area contributed by atoms with E-state index in [1.165, 1.54) is 15.7 Å². The highest BCUT2D eigenvalue weighted by Crippen LogP contribution is 2.39. The Morgan fingerprint density at radius 1 is 1.10 bits per heavy atom. The molecular weight excluding hydrogens is 401 g/mol. The lowest BCUT2D eigenvalue weighted by Crippen LogP contribution is -2.40. The van der Waals surface area contributed by atoms with Crippen molar-refractivity contribution in [2.75, 3.05) is 0 Å². The zero-order valence-corrected chi connectivity index (χ0v) is 16.7. The maximum Gasteiger partial charge on any atom is 0.304 e. The summed E-state index contributed by atoms with van der Waals surface area (Å²) < 4.78 is 62.5. The van der Waals surface area contributed by atoms with Gasteiger partial charge in [-0.2, -0.15) is 8.42 Å². The highest BCUT2D eigenvalue weighted by atomic mass is 32.2. The van der Waals surface area contributed by atoms with Gasteiger partial charge in [0, 0.05) is 5.56 Å². The Labute approximate surface area is 169 Å². The molecule has 2 aromatic rings. The number of rotatable bonds is 5. The number of Topliss-reactive ketones (excluding diaryl/α,β-unsaturated/α-hetero) is 1. The largest absolute Gasteiger partial charge is 0.467 e. The second kappa shape index (κ2) is 6.94. The van der Waals surface area contributed by atoms with Crippen LogP contribution in [0.15, 0.2) is 60.2 Å². The van der Waals surface area contributed by atoms with Crippen LogP contribution in [-0.4, -0.2) is 37.7 Å². The molecule has 1 atom stereocenters. The van der Waals surface area contributed by atoms with E-state index in [2.05, 4.69) is 0 Å². The maximum atomic E-state index is 14.2. The second-order valence-electron chi connectivity index (χ2n) is 7.20. The number of benzene rings is 2. The predicted molar refractivity (Wildman–Crippen MR) is 109 cm³/mol. The first-order valence-electron chi connectivity index (χ1n) is 8.59. The summed E-state index contributed by atoms with van der Waals surface area (Å²) in [7, 11) is -0.455. The van der Waals surface area contributed by atoms with Gasteiger partial charge in [-0.05, 0) is 23.8 Å². The molecule has 0 aliphatic carbocycles. The third-order valence-corrected chi connectivity index (χ3v) is 6.78. The number of carbonyl (C=O) groups is 1. The number of halogens is 2. The summed E-state index contributed by atoms with van der Waals surface area (Å²) >= 11 is 0. The quantitative estimate of drug-likeness (QED) is 0.491. The monoisotopic (exact) mass is 417 g/mol. The van der Waals surface area contributed by atoms with E-state index in [-0.39, 0.29) is 0 Å². The minimum atomic E-state index is -4.42. The number of ketones is 1. The first-order chi connectivity index (χ1) is 13.4. The Hall–Kier alpha value is -2.75. The predicted octanol–water partition coefficient (Wildman–Crippen LogP) is -1.10. The summed E-state index contributed by atoms with van der Waals surface area (Å²) in [6.07, 6.45) is 0. The summed E-state index contributed by atoms with van der Waals surface area (Å²) in [5.74, 6) is -4.16. The van der Waals surface area contributed by atoms with Gasteiger partial charge in [0.2, 0.25) is 17.4 Å². The Morgan fingerprint density at radius 2 is 1.72 bits per heavy atom. The summed E-state index contributed by atoms with van der Waals surface area (Å²) in [5.41, 5.74) is 3.61. The number of ether oxygens (including phenoxy) is 1. The average Bonchev–Trinajstić information content (AvgIpc) is 2.88. The zero-order chi connectivity index (χ0) is 21.6. The van der Waals surface area contributed by atoms with Crippen LogP contribution in [0, 0.1) is 11.6 Å². The lowest BCUT2D eigenvalue weighted by Gasteiger charge is -2.26. The van der Waals surface area contributed by atoms with Crippen molar-refractivity contribution < 1.29 is 30.9 Å². The SMILES string of the molecule is BC1(c2cc(F)ccc2F)OC(N)=C(OS(=O)(=O)C(B)(B)c2ccccc2)C1=O. The minimum absolute atomic E-state index is 0.421. The van der Waals surface area contributed by atoms with Crippen molar-refractivity contribution in [3.8, 4) is 0 Å². The molecule has 12 heteroatoms. The molecule has 1 aliphatic rings. The Bertz CT molecular complexity index is 1130. The maximum absolute atomic E-state index is 14.2. The molecule has 3 rings (SSSR count). The highest BCUT2D eigenvalue weighted by Gasteiger charge is 2.52. The van der Waals surface area contributed by atoms with Crippen molar-refractivity contribution in [3.05, 3.63) is 82.9 Å². The molecule has 0 fully saturated rings. The third-order valence-electron chi connectivity index (χ3n) is 4.91. The van der Waals surface area contributed by atoms with E-state index in [0.29, 0.717) is 5.56 Å². The van der Waals surface area contributed by atoms with Gasteiger partial charge in [0.25, 0.3) is 0 Å². The van der Waals surface area contributed by atoms with E-state index < -0.39 is 54.8 Å². The molecule has 1 aliphatic heterocycles. The van der Waals surface area contributed by atoms with E-state index in [1.54, 1.807) is 30.3 Å². The average molecular weight is 417 g/mol. The van der Waals surface area contributed by atoms with Gasteiger partial charge in [0.05, 0.1) is 4.55 Å². The van der Waals surface area contributed by atoms with Crippen LogP contribution >= 0.6 is 0 Å². The fourth-order valence-corrected chi connectivity index (χ4v) is 3.97. The first kappa shape index (κ1) is 21.0. The molecule has 0 saturated carbocycles. The molecule has 6 nitrogen and oxygen atoms in total. The molecule has 1 unspecified atom stereocenters. The molecule has 0 spiro atoms. The van der Waals surface area contributed by atoms with Crippen molar-refractivity contribution in [1.82, 2.24) is 0 Å². The van der Waals surface area contributed by atoms with Gasteiger partial charge in [-0.3, -0.25) is 4.79 Å². The fourth-order valence-electron chi connectivity index (χ4n) is 2.96. The van der Waals surface area contributed by atoms with E-state index in [1.807, 2.05) is 0 Å². The number of hydrogen-bond acceptors (Lipinski definition) is 6. The molecule has 0 amide bonds. The van der Waals surface area contributed by atoms with E-state index in [9.17, 15) is 22.0 Å². The van der Waals surface area contributed by atoms with Crippen LogP contribution < -0.4 is 5.73 Å². The Morgan fingerprint density at radius 3 is 2.34 bits per heavy atom. The van der Waals surface area contributed by atoms with Crippen LogP contribution in [-0.2, 0) is 33.9 Å². The molecule has 0 aromatic heterocycles. The first-order valence-corrected chi connectivity index (χ1v) is 9.99. The van der Waals surface area contributed by atoms with Crippen molar-refractivity contribution in [1.29, 1.82) is 0 Å². The van der Waals surface area contributed by atoms with Crippen molar-refractivity contribution in [2.24, 2.45) is 5.73 Å². The number of carbonyl (C=O) groups excluding carboxylic acids is 1. The van der Waals surface area contributed by atoms with Gasteiger partial charge < -0.3 is 14.7 Å². The number of nitrogens with two attached hydrogens (primary N) is 1. The molecule has 29 heavy (non-hydrogen) atoms. The van der Waals surface area contributed by atoms with Crippen LogP contribution in [0.25, 0.3) is 0 Å². The highest BCUT2D eigenvalue weighted by molar-refractivity contribution is 7.90. The van der Waals surface area contributed by atoms with Crippen LogP contribution in [0.5, 0.6) is 0 Å². The lowest BCUT2D eigenvalue weighted by molar-refractivity contribution is -0.126. The molecule has 2 N–H and O–H groups in total. The van der Waals surface area contributed by atoms with Crippen molar-refractivity contribution >= 4 is 39.4 Å². The van der Waals surface area contributed by atoms with Gasteiger partial charge in [-0.25, -0.2) is 8.78 Å². The van der Waals surface area contributed by atoms with Gasteiger partial charge >= 0.3 is 10.1 Å². The smallest absolute Gasteiger partial charge is 0.304 e. The summed E-state index contributed by atoms with van der Waals surface area (Å²) in [6, 6.07) is 10.7. The topological polar surface area (TPSA) is 95.7 Å². The standard InChI is InChI=1S/C17H16B3F2NO5S/c18-16(11-8-10(21)6-7-12(11)22)14(24)13(15(23)27-16)28-29(25,26)17(19,20)9-4-2-1-3-5-9/h1-8H,18-20,23H2. The molecule has 0 bridgehead atoms. The fraction of sp³-hybridized carbons (Fsp3) is 0.118. The summed E-state index contributed by atoms with van der Waals surface area (Å²) in [5, 5.41) is 0. The molecule has 0 radical (unpaired) electrons. The summed E-state index contributed by atoms with van der Waals surface area (Å²) in [6.45, 7) is 0. The molecule has 1 heterocycles. The van der Waals surface area contributed by atoms with E-state index in [4.69, 9.17) is 14.7 Å². The van der Waals surface area contributed by atoms with Crippen LogP contribution in [0.4, 0.5) is 8.78 Å². The van der Waals surface area contributed by atoms with Crippen LogP contribution in [0.3, 0.4) is 0 Å². The number of hydrogen-bond donors (Lipinski definition) is 1. The van der Waals surface area contributed by atoms with Crippen molar-refractivity contribution in [2.45, 2.75) is 10.0 Å². The second-order valence-corrected chi connectivity index (χ2v) is 9.29. The third kappa shape index (κ3) is 3.41. The van der Waals surface area contributed by atoms with E-state index >= 15 is 0 Å². The van der Waals surface area contributed by atoms with E-state index in [0.717, 1.165) is 26.0 Å². The van der Waals surface area contributed by atoms with Crippen LogP contribution in [0.2, 0.25) is 0 Å². The molecule has 0 saturated heterocycles. The Balaban J connectivity index is 1.97. The molecule has 2 aromatic carbocycles. The van der Waals surface area contributed by atoms with Gasteiger partial charge in [-0.1, -0.05) is 30.3 Å². The van der Waals surface area contributed by atoms with Gasteiger partial charge in [0.1, 0.15) is 27.3 Å². The lowest BCUT2D eigenvalue weighted by atomic mass is 9.65. The van der Waals surface area contributed by atoms with Gasteiger partial charge in [0.15, 0.2) is 13.3 Å². The minimum Gasteiger partial charge on any atom is -0.467 e. The zero-order valence-electron chi connectivity index (χ0n) is 15.9. The molecule has 148 valence electrons. The summed E-state index contributed by atoms with van der Waals surface area (Å²) in [4.78, 5) is 12.9. The van der Waals surface area contributed by atoms with Crippen molar-refractivity contribution in [3.63, 3.8) is 0 Å². The van der Waals surface area contributed by atoms with Crippen LogP contribution in [0.1, 0.15) is 11.1 Å².